The summed E-state index contributed by atoms with van der Waals surface area (Å²) in [5.41, 5.74) is -1.53. The van der Waals surface area contributed by atoms with Crippen molar-refractivity contribution < 1.29 is 35.9 Å². The zero-order chi connectivity index (χ0) is 29.1. The van der Waals surface area contributed by atoms with E-state index in [1.165, 1.54) is 0 Å². The molecule has 13 heteroatoms. The van der Waals surface area contributed by atoms with Gasteiger partial charge < -0.3 is 15.2 Å². The molecular formula is C28H31ClF6N4O2. The van der Waals surface area contributed by atoms with Gasteiger partial charge in [-0.1, -0.05) is 18.2 Å². The molecule has 224 valence electrons. The third-order valence-corrected chi connectivity index (χ3v) is 7.09. The summed E-state index contributed by atoms with van der Waals surface area (Å²) in [4.78, 5) is 33.4. The van der Waals surface area contributed by atoms with E-state index in [0.717, 1.165) is 29.6 Å². The van der Waals surface area contributed by atoms with Gasteiger partial charge in [0.25, 0.3) is 0 Å². The van der Waals surface area contributed by atoms with Crippen molar-refractivity contribution in [2.24, 2.45) is 0 Å². The van der Waals surface area contributed by atoms with E-state index >= 15 is 0 Å². The largest absolute Gasteiger partial charge is 0.416 e. The number of hydrogen-bond donors (Lipinski definition) is 2. The highest BCUT2D eigenvalue weighted by Crippen LogP contribution is 2.36. The second-order valence-electron chi connectivity index (χ2n) is 10.1. The first-order chi connectivity index (χ1) is 18.8. The molecule has 1 saturated heterocycles. The third kappa shape index (κ3) is 8.70. The maximum Gasteiger partial charge on any atom is 0.416 e. The minimum atomic E-state index is -4.98. The minimum absolute atomic E-state index is 0. The SMILES string of the molecule is CN1CCN(CC(=O)NC(Cc2c[nH]c3ccccc23)C(=O)CCc2cc(C(F)(F)F)cc(C(F)(F)F)c2)CC1.Cl. The Kier molecular flexibility index (Phi) is 10.5. The average molecular weight is 605 g/mol. The van der Waals surface area contributed by atoms with E-state index < -0.39 is 35.3 Å². The van der Waals surface area contributed by atoms with Gasteiger partial charge >= 0.3 is 12.4 Å². The number of aryl methyl sites for hydroxylation is 1. The van der Waals surface area contributed by atoms with Crippen LogP contribution in [0.2, 0.25) is 0 Å². The summed E-state index contributed by atoms with van der Waals surface area (Å²) in [6.07, 6.45) is -8.80. The number of amides is 1. The Labute approximate surface area is 239 Å². The number of nitrogens with zero attached hydrogens (tertiary/aromatic N) is 2. The Hall–Kier alpha value is -3.09. The molecule has 1 atom stereocenters. The maximum atomic E-state index is 13.3. The second kappa shape index (κ2) is 13.3. The van der Waals surface area contributed by atoms with E-state index in [2.05, 4.69) is 15.2 Å². The van der Waals surface area contributed by atoms with E-state index in [0.29, 0.717) is 25.2 Å². The van der Waals surface area contributed by atoms with Crippen molar-refractivity contribution in [3.05, 3.63) is 70.9 Å². The molecule has 2 N–H and O–H groups in total. The highest BCUT2D eigenvalue weighted by Gasteiger charge is 2.37. The summed E-state index contributed by atoms with van der Waals surface area (Å²) in [7, 11) is 1.98. The molecule has 4 rings (SSSR count). The number of carbonyl (C=O) groups excluding carboxylic acids is 2. The molecule has 6 nitrogen and oxygen atoms in total. The van der Waals surface area contributed by atoms with E-state index in [-0.39, 0.29) is 55.8 Å². The first kappa shape index (κ1) is 32.4. The van der Waals surface area contributed by atoms with Crippen molar-refractivity contribution in [1.82, 2.24) is 20.1 Å². The van der Waals surface area contributed by atoms with Crippen LogP contribution in [0, 0.1) is 0 Å². The normalized spacial score (nSPS) is 15.9. The lowest BCUT2D eigenvalue weighted by Crippen LogP contribution is -2.51. The standard InChI is InChI=1S/C28H30F6N4O2.ClH/c1-37-8-10-38(11-9-37)17-26(40)36-24(14-19-16-35-23-5-3-2-4-22(19)23)25(39)7-6-18-12-20(27(29,30)31)15-21(13-18)28(32,33)34;/h2-5,12-13,15-16,24,35H,6-11,14,17H2,1H3,(H,36,40);1H. The third-order valence-electron chi connectivity index (χ3n) is 7.09. The number of fused-ring (bicyclic) bond motifs is 1. The molecule has 3 aromatic rings. The molecule has 0 saturated carbocycles. The highest BCUT2D eigenvalue weighted by atomic mass is 35.5. The van der Waals surface area contributed by atoms with Crippen LogP contribution in [-0.4, -0.2) is 72.3 Å². The van der Waals surface area contributed by atoms with Crippen LogP contribution in [-0.2, 0) is 34.8 Å². The van der Waals surface area contributed by atoms with Crippen LogP contribution in [0.4, 0.5) is 26.3 Å². The number of carbonyl (C=O) groups is 2. The summed E-state index contributed by atoms with van der Waals surface area (Å²) in [5.74, 6) is -0.857. The number of piperazine rings is 1. The zero-order valence-corrected chi connectivity index (χ0v) is 23.1. The van der Waals surface area contributed by atoms with Crippen molar-refractivity contribution in [3.63, 3.8) is 0 Å². The lowest BCUT2D eigenvalue weighted by Gasteiger charge is -2.32. The van der Waals surface area contributed by atoms with Gasteiger partial charge in [-0.05, 0) is 48.9 Å². The van der Waals surface area contributed by atoms with Crippen LogP contribution in [0.25, 0.3) is 10.9 Å². The van der Waals surface area contributed by atoms with Gasteiger partial charge in [-0.3, -0.25) is 14.5 Å². The minimum Gasteiger partial charge on any atom is -0.361 e. The molecule has 1 aromatic heterocycles. The van der Waals surface area contributed by atoms with Gasteiger partial charge in [0, 0.05) is 56.1 Å². The van der Waals surface area contributed by atoms with Crippen LogP contribution >= 0.6 is 12.4 Å². The average Bonchev–Trinajstić information content (AvgIpc) is 3.30. The van der Waals surface area contributed by atoms with Gasteiger partial charge in [0.05, 0.1) is 23.7 Å². The number of nitrogens with one attached hydrogen (secondary N) is 2. The number of aromatic amines is 1. The first-order valence-corrected chi connectivity index (χ1v) is 12.9. The molecule has 1 aliphatic rings. The Balaban J connectivity index is 0.00000462. The monoisotopic (exact) mass is 604 g/mol. The number of alkyl halides is 6. The fourth-order valence-electron chi connectivity index (χ4n) is 4.82. The summed E-state index contributed by atoms with van der Waals surface area (Å²) in [6, 6.07) is 7.69. The molecule has 0 radical (unpaired) electrons. The van der Waals surface area contributed by atoms with Crippen LogP contribution in [0.5, 0.6) is 0 Å². The first-order valence-electron chi connectivity index (χ1n) is 12.9. The number of Topliss-reactive ketones (excluding diaryl/α,β-unsaturated/α-hetero) is 1. The summed E-state index contributed by atoms with van der Waals surface area (Å²) in [5, 5.41) is 3.62. The van der Waals surface area contributed by atoms with Crippen LogP contribution in [0.1, 0.15) is 28.7 Å². The van der Waals surface area contributed by atoms with Crippen LogP contribution in [0.15, 0.2) is 48.7 Å². The fourth-order valence-corrected chi connectivity index (χ4v) is 4.82. The Morgan fingerprint density at radius 3 is 2.17 bits per heavy atom. The lowest BCUT2D eigenvalue weighted by molar-refractivity contribution is -0.143. The number of benzene rings is 2. The molecule has 1 unspecified atom stereocenters. The number of H-pyrrole nitrogens is 1. The molecule has 0 bridgehead atoms. The van der Waals surface area contributed by atoms with Gasteiger partial charge in [-0.15, -0.1) is 12.4 Å². The van der Waals surface area contributed by atoms with Crippen molar-refractivity contribution in [2.45, 2.75) is 37.7 Å². The van der Waals surface area contributed by atoms with Gasteiger partial charge in [0.1, 0.15) is 0 Å². The van der Waals surface area contributed by atoms with Gasteiger partial charge in [-0.25, -0.2) is 0 Å². The number of halogens is 7. The quantitative estimate of drug-likeness (QED) is 0.334. The molecule has 2 aromatic carbocycles. The number of rotatable bonds is 9. The van der Waals surface area contributed by atoms with Gasteiger partial charge in [0.2, 0.25) is 5.91 Å². The fraction of sp³-hybridized carbons (Fsp3) is 0.429. The molecule has 1 fully saturated rings. The van der Waals surface area contributed by atoms with Crippen LogP contribution in [0.3, 0.4) is 0 Å². The van der Waals surface area contributed by atoms with E-state index in [1.54, 1.807) is 6.20 Å². The molecule has 0 aliphatic carbocycles. The van der Waals surface area contributed by atoms with E-state index in [9.17, 15) is 35.9 Å². The summed E-state index contributed by atoms with van der Waals surface area (Å²) < 4.78 is 79.6. The van der Waals surface area contributed by atoms with Gasteiger partial charge in [0.15, 0.2) is 5.78 Å². The molecule has 2 heterocycles. The molecule has 0 spiro atoms. The maximum absolute atomic E-state index is 13.3. The van der Waals surface area contributed by atoms with E-state index in [4.69, 9.17) is 0 Å². The number of hydrogen-bond acceptors (Lipinski definition) is 4. The summed E-state index contributed by atoms with van der Waals surface area (Å²) in [6.45, 7) is 3.03. The topological polar surface area (TPSA) is 68.4 Å². The zero-order valence-electron chi connectivity index (χ0n) is 22.2. The second-order valence-corrected chi connectivity index (χ2v) is 10.1. The van der Waals surface area contributed by atoms with Crippen molar-refractivity contribution in [3.8, 4) is 0 Å². The predicted molar refractivity (Wildman–Crippen MR) is 145 cm³/mol. The van der Waals surface area contributed by atoms with E-state index in [1.807, 2.05) is 36.2 Å². The van der Waals surface area contributed by atoms with Gasteiger partial charge in [-0.2, -0.15) is 26.3 Å². The van der Waals surface area contributed by atoms with Crippen molar-refractivity contribution in [2.75, 3.05) is 39.8 Å². The number of likely N-dealkylation sites (N-methyl/N-ethyl adjacent to an activating group) is 1. The number of para-hydroxylation sites is 1. The smallest absolute Gasteiger partial charge is 0.361 e. The molecular weight excluding hydrogens is 574 g/mol. The highest BCUT2D eigenvalue weighted by molar-refractivity contribution is 5.91. The molecule has 1 aliphatic heterocycles. The Morgan fingerprint density at radius 1 is 0.951 bits per heavy atom. The summed E-state index contributed by atoms with van der Waals surface area (Å²) >= 11 is 0. The lowest BCUT2D eigenvalue weighted by atomic mass is 9.95. The number of ketones is 1. The van der Waals surface area contributed by atoms with Crippen molar-refractivity contribution in [1.29, 1.82) is 0 Å². The Morgan fingerprint density at radius 2 is 1.56 bits per heavy atom. The molecule has 41 heavy (non-hydrogen) atoms. The van der Waals surface area contributed by atoms with Crippen molar-refractivity contribution >= 4 is 35.0 Å². The predicted octanol–water partition coefficient (Wildman–Crippen LogP) is 5.10. The molecule has 1 amide bonds. The Bertz CT molecular complexity index is 1320. The number of aromatic nitrogens is 1. The van der Waals surface area contributed by atoms with Crippen LogP contribution < -0.4 is 5.32 Å².